The van der Waals surface area contributed by atoms with Gasteiger partial charge in [-0.1, -0.05) is 0 Å². The highest BCUT2D eigenvalue weighted by Crippen LogP contribution is 2.15. The molecule has 0 radical (unpaired) electrons. The van der Waals surface area contributed by atoms with Crippen LogP contribution in [0.3, 0.4) is 0 Å². The van der Waals surface area contributed by atoms with Crippen molar-refractivity contribution in [1.29, 1.82) is 5.26 Å². The van der Waals surface area contributed by atoms with Crippen LogP contribution in [0.25, 0.3) is 0 Å². The molecule has 0 atom stereocenters. The van der Waals surface area contributed by atoms with Gasteiger partial charge in [-0.05, 0) is 24.6 Å². The summed E-state index contributed by atoms with van der Waals surface area (Å²) in [6, 6.07) is 5.76. The van der Waals surface area contributed by atoms with Crippen molar-refractivity contribution in [3.05, 3.63) is 29.6 Å². The predicted molar refractivity (Wildman–Crippen MR) is 50.2 cm³/mol. The highest BCUT2D eigenvalue weighted by Gasteiger charge is 2.02. The number of benzene rings is 1. The minimum atomic E-state index is -0.447. The second-order valence-corrected chi connectivity index (χ2v) is 2.77. The van der Waals surface area contributed by atoms with Gasteiger partial charge in [-0.15, -0.1) is 0 Å². The topological polar surface area (TPSA) is 35.8 Å². The van der Waals surface area contributed by atoms with Gasteiger partial charge in [0.2, 0.25) is 0 Å². The van der Waals surface area contributed by atoms with Crippen LogP contribution in [0.4, 0.5) is 14.5 Å². The van der Waals surface area contributed by atoms with Gasteiger partial charge in [0.05, 0.1) is 17.9 Å². The summed E-state index contributed by atoms with van der Waals surface area (Å²) in [6.45, 7) is 0.0346. The van der Waals surface area contributed by atoms with E-state index >= 15 is 0 Å². The molecule has 4 heteroatoms. The van der Waals surface area contributed by atoms with Gasteiger partial charge >= 0.3 is 0 Å². The molecule has 74 valence electrons. The van der Waals surface area contributed by atoms with E-state index in [1.807, 2.05) is 6.07 Å². The zero-order valence-corrected chi connectivity index (χ0v) is 7.56. The minimum Gasteiger partial charge on any atom is -0.384 e. The Morgan fingerprint density at radius 1 is 1.43 bits per heavy atom. The summed E-state index contributed by atoms with van der Waals surface area (Å²) in [5, 5.41) is 11.5. The minimum absolute atomic E-state index is 0.240. The number of nitriles is 1. The maximum atomic E-state index is 12.7. The number of halogens is 2. The zero-order valence-electron chi connectivity index (χ0n) is 7.56. The molecule has 0 saturated heterocycles. The molecule has 0 bridgehead atoms. The third kappa shape index (κ3) is 2.70. The van der Waals surface area contributed by atoms with Gasteiger partial charge in [0, 0.05) is 6.54 Å². The van der Waals surface area contributed by atoms with Gasteiger partial charge in [-0.2, -0.15) is 5.26 Å². The molecular weight excluding hydrogens is 186 g/mol. The van der Waals surface area contributed by atoms with Crippen molar-refractivity contribution in [3.8, 4) is 6.07 Å². The van der Waals surface area contributed by atoms with E-state index in [0.29, 0.717) is 18.7 Å². The van der Waals surface area contributed by atoms with E-state index in [9.17, 15) is 8.78 Å². The molecule has 0 aliphatic heterocycles. The van der Waals surface area contributed by atoms with Crippen LogP contribution < -0.4 is 5.32 Å². The lowest BCUT2D eigenvalue weighted by Gasteiger charge is -2.06. The Kier molecular flexibility index (Phi) is 3.86. The van der Waals surface area contributed by atoms with Crippen LogP contribution in [0.15, 0.2) is 18.2 Å². The van der Waals surface area contributed by atoms with Crippen molar-refractivity contribution in [2.24, 2.45) is 0 Å². The number of hydrogen-bond donors (Lipinski definition) is 1. The second kappa shape index (κ2) is 5.18. The van der Waals surface area contributed by atoms with Crippen LogP contribution in [0.2, 0.25) is 0 Å². The molecule has 1 aromatic rings. The second-order valence-electron chi connectivity index (χ2n) is 2.77. The van der Waals surface area contributed by atoms with Crippen molar-refractivity contribution in [1.82, 2.24) is 0 Å². The fraction of sp³-hybridized carbons (Fsp3) is 0.300. The number of anilines is 1. The van der Waals surface area contributed by atoms with Crippen LogP contribution in [0.5, 0.6) is 0 Å². The molecule has 1 rings (SSSR count). The van der Waals surface area contributed by atoms with Crippen LogP contribution in [-0.4, -0.2) is 13.2 Å². The summed E-state index contributed by atoms with van der Waals surface area (Å²) >= 11 is 0. The maximum absolute atomic E-state index is 12.7. The van der Waals surface area contributed by atoms with Gasteiger partial charge < -0.3 is 5.32 Å². The molecule has 0 amide bonds. The number of alkyl halides is 1. The first kappa shape index (κ1) is 10.5. The number of nitrogens with one attached hydrogen (secondary N) is 1. The molecule has 0 fully saturated rings. The van der Waals surface area contributed by atoms with Gasteiger partial charge in [-0.3, -0.25) is 4.39 Å². The molecule has 2 nitrogen and oxygen atoms in total. The summed E-state index contributed by atoms with van der Waals surface area (Å²) in [5.74, 6) is -0.447. The quantitative estimate of drug-likeness (QED) is 0.751. The first-order valence-corrected chi connectivity index (χ1v) is 4.27. The largest absolute Gasteiger partial charge is 0.384 e. The third-order valence-electron chi connectivity index (χ3n) is 1.73. The van der Waals surface area contributed by atoms with E-state index in [4.69, 9.17) is 5.26 Å². The summed E-state index contributed by atoms with van der Waals surface area (Å²) in [4.78, 5) is 0. The molecule has 0 aliphatic rings. The Balaban J connectivity index is 2.72. The highest BCUT2D eigenvalue weighted by atomic mass is 19.1. The lowest BCUT2D eigenvalue weighted by molar-refractivity contribution is 0.481. The smallest absolute Gasteiger partial charge is 0.124 e. The van der Waals surface area contributed by atoms with E-state index in [1.165, 1.54) is 12.1 Å². The van der Waals surface area contributed by atoms with E-state index in [0.717, 1.165) is 6.07 Å². The van der Waals surface area contributed by atoms with Gasteiger partial charge in [0.1, 0.15) is 11.9 Å². The Hall–Kier alpha value is -1.63. The first-order chi connectivity index (χ1) is 6.77. The highest BCUT2D eigenvalue weighted by molar-refractivity contribution is 5.57. The lowest BCUT2D eigenvalue weighted by atomic mass is 10.2. The summed E-state index contributed by atoms with van der Waals surface area (Å²) in [5.41, 5.74) is 0.784. The fourth-order valence-corrected chi connectivity index (χ4v) is 1.05. The molecule has 0 saturated carbocycles. The van der Waals surface area contributed by atoms with E-state index in [2.05, 4.69) is 5.32 Å². The van der Waals surface area contributed by atoms with Crippen molar-refractivity contribution in [2.75, 3.05) is 18.5 Å². The third-order valence-corrected chi connectivity index (χ3v) is 1.73. The monoisotopic (exact) mass is 196 g/mol. The van der Waals surface area contributed by atoms with Crippen molar-refractivity contribution in [2.45, 2.75) is 6.42 Å². The first-order valence-electron chi connectivity index (χ1n) is 4.27. The average Bonchev–Trinajstić information content (AvgIpc) is 2.20. The van der Waals surface area contributed by atoms with Crippen LogP contribution in [0, 0.1) is 17.1 Å². The van der Waals surface area contributed by atoms with Gasteiger partial charge in [0.15, 0.2) is 0 Å². The molecule has 1 N–H and O–H groups in total. The molecule has 0 heterocycles. The molecule has 0 unspecified atom stereocenters. The van der Waals surface area contributed by atoms with Gasteiger partial charge in [-0.25, -0.2) is 4.39 Å². The molecular formula is C10H10F2N2. The Morgan fingerprint density at radius 3 is 2.86 bits per heavy atom. The zero-order chi connectivity index (χ0) is 10.4. The number of rotatable bonds is 4. The van der Waals surface area contributed by atoms with Crippen molar-refractivity contribution < 1.29 is 8.78 Å². The fourth-order valence-electron chi connectivity index (χ4n) is 1.05. The van der Waals surface area contributed by atoms with Crippen LogP contribution in [-0.2, 0) is 0 Å². The Bertz CT molecular complexity index is 344. The normalized spacial score (nSPS) is 9.50. The SMILES string of the molecule is N#Cc1cc(F)ccc1NCCCF. The maximum Gasteiger partial charge on any atom is 0.124 e. The number of nitrogens with zero attached hydrogens (tertiary/aromatic N) is 1. The van der Waals surface area contributed by atoms with Crippen molar-refractivity contribution >= 4 is 5.69 Å². The van der Waals surface area contributed by atoms with Crippen LogP contribution >= 0.6 is 0 Å². The number of hydrogen-bond acceptors (Lipinski definition) is 2. The molecule has 14 heavy (non-hydrogen) atoms. The molecule has 0 aromatic heterocycles. The van der Waals surface area contributed by atoms with E-state index < -0.39 is 12.5 Å². The van der Waals surface area contributed by atoms with E-state index in [1.54, 1.807) is 0 Å². The van der Waals surface area contributed by atoms with Crippen molar-refractivity contribution in [3.63, 3.8) is 0 Å². The summed E-state index contributed by atoms with van der Waals surface area (Å²) in [7, 11) is 0. The Labute approximate surface area is 81.2 Å². The summed E-state index contributed by atoms with van der Waals surface area (Å²) in [6.07, 6.45) is 0.377. The lowest BCUT2D eigenvalue weighted by Crippen LogP contribution is -2.03. The van der Waals surface area contributed by atoms with E-state index in [-0.39, 0.29) is 5.56 Å². The molecule has 0 aliphatic carbocycles. The standard InChI is InChI=1S/C10H10F2N2/c11-4-1-5-14-10-3-2-9(12)6-8(10)7-13/h2-3,6,14H,1,4-5H2. The van der Waals surface area contributed by atoms with Crippen LogP contribution in [0.1, 0.15) is 12.0 Å². The predicted octanol–water partition coefficient (Wildman–Crippen LogP) is 2.47. The Morgan fingerprint density at radius 2 is 2.21 bits per heavy atom. The average molecular weight is 196 g/mol. The molecule has 0 spiro atoms. The summed E-state index contributed by atoms with van der Waals surface area (Å²) < 4.78 is 24.5. The van der Waals surface area contributed by atoms with Gasteiger partial charge in [0.25, 0.3) is 0 Å². The molecule has 1 aromatic carbocycles.